The molecule has 1 amide bonds. The molecule has 1 fully saturated rings. The van der Waals surface area contributed by atoms with Gasteiger partial charge in [0, 0.05) is 31.7 Å². The van der Waals surface area contributed by atoms with E-state index < -0.39 is 10.0 Å². The molecule has 27 heavy (non-hydrogen) atoms. The zero-order chi connectivity index (χ0) is 19.8. The number of benzene rings is 2. The second kappa shape index (κ2) is 7.50. The van der Waals surface area contributed by atoms with E-state index in [0.29, 0.717) is 29.1 Å². The number of hydrogen-bond donors (Lipinski definition) is 1. The van der Waals surface area contributed by atoms with Crippen LogP contribution in [0.5, 0.6) is 5.75 Å². The Balaban J connectivity index is 1.73. The van der Waals surface area contributed by atoms with Gasteiger partial charge in [-0.3, -0.25) is 4.79 Å². The van der Waals surface area contributed by atoms with Crippen molar-refractivity contribution >= 4 is 27.5 Å². The van der Waals surface area contributed by atoms with Gasteiger partial charge >= 0.3 is 0 Å². The fourth-order valence-corrected chi connectivity index (χ4v) is 4.99. The normalized spacial score (nSPS) is 15.7. The van der Waals surface area contributed by atoms with E-state index in [-0.39, 0.29) is 29.8 Å². The number of carbonyl (C=O) groups is 1. The zero-order valence-electron chi connectivity index (χ0n) is 15.1. The average Bonchev–Trinajstić information content (AvgIpc) is 2.65. The third-order valence-corrected chi connectivity index (χ3v) is 7.03. The first-order valence-electron chi connectivity index (χ1n) is 8.55. The lowest BCUT2D eigenvalue weighted by Gasteiger charge is -2.34. The van der Waals surface area contributed by atoms with Gasteiger partial charge in [0.2, 0.25) is 10.0 Å². The van der Waals surface area contributed by atoms with Crippen LogP contribution in [0, 0.1) is 13.8 Å². The first-order valence-corrected chi connectivity index (χ1v) is 10.4. The Hall–Kier alpha value is -2.09. The van der Waals surface area contributed by atoms with Crippen molar-refractivity contribution in [2.45, 2.75) is 18.7 Å². The maximum Gasteiger partial charge on any atom is 0.253 e. The number of phenols is 1. The summed E-state index contributed by atoms with van der Waals surface area (Å²) in [5.74, 6) is -0.321. The minimum absolute atomic E-state index is 0.0855. The molecule has 0 saturated carbocycles. The van der Waals surface area contributed by atoms with Gasteiger partial charge in [-0.25, -0.2) is 8.42 Å². The Morgan fingerprint density at radius 2 is 1.70 bits per heavy atom. The molecule has 144 valence electrons. The Kier molecular flexibility index (Phi) is 5.46. The topological polar surface area (TPSA) is 77.9 Å². The van der Waals surface area contributed by atoms with E-state index in [1.807, 2.05) is 13.0 Å². The van der Waals surface area contributed by atoms with E-state index in [1.165, 1.54) is 22.5 Å². The molecule has 1 N–H and O–H groups in total. The number of aryl methyl sites for hydroxylation is 2. The first kappa shape index (κ1) is 19.7. The number of halogens is 1. The molecule has 0 spiro atoms. The predicted octanol–water partition coefficient (Wildman–Crippen LogP) is 2.81. The molecule has 1 aliphatic heterocycles. The van der Waals surface area contributed by atoms with Crippen molar-refractivity contribution in [2.75, 3.05) is 26.2 Å². The van der Waals surface area contributed by atoms with Crippen LogP contribution in [0.4, 0.5) is 0 Å². The van der Waals surface area contributed by atoms with Gasteiger partial charge in [0.05, 0.1) is 9.92 Å². The lowest BCUT2D eigenvalue weighted by Crippen LogP contribution is -2.50. The second-order valence-corrected chi connectivity index (χ2v) is 8.94. The molecule has 1 heterocycles. The lowest BCUT2D eigenvalue weighted by atomic mass is 10.2. The van der Waals surface area contributed by atoms with E-state index in [4.69, 9.17) is 11.6 Å². The minimum Gasteiger partial charge on any atom is -0.506 e. The van der Waals surface area contributed by atoms with Crippen molar-refractivity contribution in [1.29, 1.82) is 0 Å². The van der Waals surface area contributed by atoms with Crippen LogP contribution in [0.1, 0.15) is 21.5 Å². The first-order chi connectivity index (χ1) is 12.7. The minimum atomic E-state index is -3.60. The summed E-state index contributed by atoms with van der Waals surface area (Å²) < 4.78 is 27.4. The average molecular weight is 409 g/mol. The second-order valence-electron chi connectivity index (χ2n) is 6.63. The molecule has 0 radical (unpaired) electrons. The molecular weight excluding hydrogens is 388 g/mol. The van der Waals surface area contributed by atoms with E-state index in [0.717, 1.165) is 5.56 Å². The summed E-state index contributed by atoms with van der Waals surface area (Å²) in [4.78, 5) is 14.5. The summed E-state index contributed by atoms with van der Waals surface area (Å²) in [5.41, 5.74) is 1.96. The van der Waals surface area contributed by atoms with Gasteiger partial charge in [0.15, 0.2) is 0 Å². The van der Waals surface area contributed by atoms with Crippen LogP contribution in [0.2, 0.25) is 5.02 Å². The van der Waals surface area contributed by atoms with Gasteiger partial charge < -0.3 is 10.0 Å². The SMILES string of the molecule is Cc1ccc(C)c(S(=O)(=O)N2CCN(C(=O)c3ccc(O)c(Cl)c3)CC2)c1. The predicted molar refractivity (Wildman–Crippen MR) is 104 cm³/mol. The summed E-state index contributed by atoms with van der Waals surface area (Å²) >= 11 is 5.87. The van der Waals surface area contributed by atoms with Crippen molar-refractivity contribution < 1.29 is 18.3 Å². The third kappa shape index (κ3) is 3.95. The van der Waals surface area contributed by atoms with Crippen LogP contribution < -0.4 is 0 Å². The van der Waals surface area contributed by atoms with E-state index in [2.05, 4.69) is 0 Å². The number of amides is 1. The van der Waals surface area contributed by atoms with Crippen LogP contribution in [0.15, 0.2) is 41.3 Å². The van der Waals surface area contributed by atoms with Gasteiger partial charge in [-0.1, -0.05) is 23.7 Å². The maximum atomic E-state index is 13.0. The molecule has 0 bridgehead atoms. The molecule has 6 nitrogen and oxygen atoms in total. The number of aromatic hydroxyl groups is 1. The number of piperazine rings is 1. The Morgan fingerprint density at radius 3 is 2.33 bits per heavy atom. The molecule has 8 heteroatoms. The highest BCUT2D eigenvalue weighted by Crippen LogP contribution is 2.26. The fraction of sp³-hybridized carbons (Fsp3) is 0.316. The van der Waals surface area contributed by atoms with Gasteiger partial charge in [-0.05, 0) is 49.2 Å². The molecule has 0 atom stereocenters. The monoisotopic (exact) mass is 408 g/mol. The number of sulfonamides is 1. The maximum absolute atomic E-state index is 13.0. The van der Waals surface area contributed by atoms with E-state index in [9.17, 15) is 18.3 Å². The van der Waals surface area contributed by atoms with Crippen LogP contribution in [0.25, 0.3) is 0 Å². The van der Waals surface area contributed by atoms with Crippen LogP contribution in [-0.4, -0.2) is 54.8 Å². The Labute approximate surface area is 164 Å². The van der Waals surface area contributed by atoms with Crippen LogP contribution in [-0.2, 0) is 10.0 Å². The molecule has 0 unspecified atom stereocenters. The fourth-order valence-electron chi connectivity index (χ4n) is 3.08. The number of hydrogen-bond acceptors (Lipinski definition) is 4. The highest BCUT2D eigenvalue weighted by Gasteiger charge is 2.31. The van der Waals surface area contributed by atoms with E-state index >= 15 is 0 Å². The molecule has 0 aliphatic carbocycles. The number of rotatable bonds is 3. The molecule has 1 saturated heterocycles. The molecule has 2 aromatic rings. The summed E-state index contributed by atoms with van der Waals surface area (Å²) in [6.07, 6.45) is 0. The lowest BCUT2D eigenvalue weighted by molar-refractivity contribution is 0.0698. The van der Waals surface area contributed by atoms with Gasteiger partial charge in [-0.15, -0.1) is 0 Å². The van der Waals surface area contributed by atoms with Crippen LogP contribution >= 0.6 is 11.6 Å². The standard InChI is InChI=1S/C19H21ClN2O4S/c1-13-3-4-14(2)18(11-13)27(25,26)22-9-7-21(8-10-22)19(24)15-5-6-17(23)16(20)12-15/h3-6,11-12,23H,7-10H2,1-2H3. The molecule has 2 aromatic carbocycles. The summed E-state index contributed by atoms with van der Waals surface area (Å²) in [5, 5.41) is 9.59. The van der Waals surface area contributed by atoms with E-state index in [1.54, 1.807) is 24.0 Å². The van der Waals surface area contributed by atoms with Gasteiger partial charge in [0.1, 0.15) is 5.75 Å². The number of nitrogens with zero attached hydrogens (tertiary/aromatic N) is 2. The Morgan fingerprint density at radius 1 is 1.04 bits per heavy atom. The highest BCUT2D eigenvalue weighted by molar-refractivity contribution is 7.89. The molecule has 0 aromatic heterocycles. The molecule has 3 rings (SSSR count). The zero-order valence-corrected chi connectivity index (χ0v) is 16.7. The quantitative estimate of drug-likeness (QED) is 0.847. The van der Waals surface area contributed by atoms with Crippen LogP contribution in [0.3, 0.4) is 0 Å². The van der Waals surface area contributed by atoms with Gasteiger partial charge in [-0.2, -0.15) is 4.31 Å². The number of phenolic OH excluding ortho intramolecular Hbond substituents is 1. The summed E-state index contributed by atoms with van der Waals surface area (Å²) in [6, 6.07) is 9.66. The van der Waals surface area contributed by atoms with Crippen molar-refractivity contribution in [3.63, 3.8) is 0 Å². The van der Waals surface area contributed by atoms with Gasteiger partial charge in [0.25, 0.3) is 5.91 Å². The van der Waals surface area contributed by atoms with Crippen molar-refractivity contribution in [2.24, 2.45) is 0 Å². The van der Waals surface area contributed by atoms with Crippen molar-refractivity contribution in [1.82, 2.24) is 9.21 Å². The van der Waals surface area contributed by atoms with Crippen molar-refractivity contribution in [3.8, 4) is 5.75 Å². The largest absolute Gasteiger partial charge is 0.506 e. The van der Waals surface area contributed by atoms with Crippen molar-refractivity contribution in [3.05, 3.63) is 58.1 Å². The summed E-state index contributed by atoms with van der Waals surface area (Å²) in [7, 11) is -3.60. The number of carbonyl (C=O) groups excluding carboxylic acids is 1. The third-order valence-electron chi connectivity index (χ3n) is 4.68. The molecular formula is C19H21ClN2O4S. The summed E-state index contributed by atoms with van der Waals surface area (Å²) in [6.45, 7) is 4.68. The Bertz CT molecular complexity index is 983. The smallest absolute Gasteiger partial charge is 0.253 e. The molecule has 1 aliphatic rings. The highest BCUT2D eigenvalue weighted by atomic mass is 35.5.